The Hall–Kier alpha value is -2.63. The first kappa shape index (κ1) is 29.4. The summed E-state index contributed by atoms with van der Waals surface area (Å²) in [7, 11) is 3.26. The molecule has 212 valence electrons. The van der Waals surface area contributed by atoms with Crippen molar-refractivity contribution in [3.63, 3.8) is 0 Å². The average molecular weight is 591 g/mol. The van der Waals surface area contributed by atoms with Gasteiger partial charge in [0.2, 0.25) is 0 Å². The number of rotatable bonds is 6. The normalized spacial score (nSPS) is 18.5. The first-order valence-corrected chi connectivity index (χ1v) is 13.1. The number of aromatic nitrogens is 1. The Morgan fingerprint density at radius 1 is 1.08 bits per heavy atom. The smallest absolute Gasteiger partial charge is 0.368 e. The number of hydrogen-bond donors (Lipinski definition) is 1. The Labute approximate surface area is 233 Å². The number of benzene rings is 1. The number of carbonyl (C=O) groups excluding carboxylic acids is 2. The molecule has 39 heavy (non-hydrogen) atoms. The molecule has 4 rings (SSSR count). The summed E-state index contributed by atoms with van der Waals surface area (Å²) in [6.45, 7) is 1.52. The van der Waals surface area contributed by atoms with Crippen LogP contribution >= 0.6 is 23.2 Å². The monoisotopic (exact) mass is 590 g/mol. The minimum atomic E-state index is -5.37. The number of alkyl halides is 3. The molecule has 13 heteroatoms. The van der Waals surface area contributed by atoms with Gasteiger partial charge in [0, 0.05) is 50.9 Å². The van der Waals surface area contributed by atoms with Crippen LogP contribution in [0.2, 0.25) is 10.2 Å². The summed E-state index contributed by atoms with van der Waals surface area (Å²) in [5, 5.41) is 10.3. The Morgan fingerprint density at radius 3 is 2.26 bits per heavy atom. The highest BCUT2D eigenvalue weighted by atomic mass is 35.5. The number of pyridine rings is 1. The highest BCUT2D eigenvalue weighted by molar-refractivity contribution is 6.32. The molecule has 2 aromatic rings. The summed E-state index contributed by atoms with van der Waals surface area (Å²) >= 11 is 11.9. The van der Waals surface area contributed by atoms with E-state index in [0.717, 1.165) is 36.3 Å². The second-order valence-electron chi connectivity index (χ2n) is 10.3. The summed E-state index contributed by atoms with van der Waals surface area (Å²) < 4.78 is 55.4. The predicted octanol–water partition coefficient (Wildman–Crippen LogP) is 4.74. The fourth-order valence-electron chi connectivity index (χ4n) is 5.16. The Bertz CT molecular complexity index is 1230. The molecule has 0 spiro atoms. The number of anilines is 1. The minimum Gasteiger partial charge on any atom is -0.368 e. The molecule has 1 atom stereocenters. The molecule has 1 N–H and O–H groups in total. The van der Waals surface area contributed by atoms with Crippen LogP contribution < -0.4 is 4.90 Å². The molecule has 2 amide bonds. The van der Waals surface area contributed by atoms with Crippen molar-refractivity contribution in [2.75, 3.05) is 45.2 Å². The van der Waals surface area contributed by atoms with Gasteiger partial charge in [0.1, 0.15) is 16.8 Å². The van der Waals surface area contributed by atoms with Crippen molar-refractivity contribution in [3.05, 3.63) is 57.5 Å². The maximum Gasteiger partial charge on any atom is 0.430 e. The Kier molecular flexibility index (Phi) is 8.35. The number of carbonyl (C=O) groups is 2. The van der Waals surface area contributed by atoms with Gasteiger partial charge in [-0.05, 0) is 61.4 Å². The Balaban J connectivity index is 1.32. The summed E-state index contributed by atoms with van der Waals surface area (Å²) in [4.78, 5) is 33.8. The maximum absolute atomic E-state index is 13.9. The third-order valence-electron chi connectivity index (χ3n) is 7.32. The first-order valence-electron chi connectivity index (χ1n) is 12.4. The summed E-state index contributed by atoms with van der Waals surface area (Å²) in [5.74, 6) is -1.91. The standard InChI is InChI=1S/C26H28Cl2F4N4O3/c1-34(2)23(37)20-3-4-21(33-22(20)28)35-7-5-15(6-8-35)9-16-13-36(14-16)24(38)25(39,26(30,31)32)17-10-18(27)12-19(29)11-17/h3-4,10-12,15-16,39H,5-9,13-14H2,1-2H3/t25-/m0/s1. The van der Waals surface area contributed by atoms with E-state index in [1.165, 1.54) is 4.90 Å². The molecule has 0 radical (unpaired) electrons. The number of halogens is 6. The van der Waals surface area contributed by atoms with Crippen molar-refractivity contribution in [1.29, 1.82) is 0 Å². The van der Waals surface area contributed by atoms with Gasteiger partial charge in [0.05, 0.1) is 5.56 Å². The number of nitrogens with zero attached hydrogens (tertiary/aromatic N) is 4. The molecule has 2 saturated heterocycles. The molecule has 1 aromatic carbocycles. The molecule has 2 aliphatic heterocycles. The SMILES string of the molecule is CN(C)C(=O)c1ccc(N2CCC(CC3CN(C(=O)[C@@](O)(c4cc(F)cc(Cl)c4)C(F)(F)F)C3)CC2)nc1Cl. The van der Waals surface area contributed by atoms with E-state index in [9.17, 15) is 32.3 Å². The lowest BCUT2D eigenvalue weighted by molar-refractivity contribution is -0.264. The molecule has 7 nitrogen and oxygen atoms in total. The fraction of sp³-hybridized carbons (Fsp3) is 0.500. The van der Waals surface area contributed by atoms with Crippen molar-refractivity contribution in [2.24, 2.45) is 11.8 Å². The lowest BCUT2D eigenvalue weighted by Gasteiger charge is -2.45. The summed E-state index contributed by atoms with van der Waals surface area (Å²) in [6, 6.07) is 5.42. The van der Waals surface area contributed by atoms with E-state index < -0.39 is 29.1 Å². The second kappa shape index (κ2) is 11.1. The molecule has 3 heterocycles. The van der Waals surface area contributed by atoms with Crippen molar-refractivity contribution in [2.45, 2.75) is 31.0 Å². The summed E-state index contributed by atoms with van der Waals surface area (Å²) in [6.07, 6.45) is -3.01. The van der Waals surface area contributed by atoms with E-state index in [-0.39, 0.29) is 35.1 Å². The number of hydrogen-bond acceptors (Lipinski definition) is 5. The third-order valence-corrected chi connectivity index (χ3v) is 7.83. The van der Waals surface area contributed by atoms with Crippen LogP contribution in [0.5, 0.6) is 0 Å². The largest absolute Gasteiger partial charge is 0.430 e. The van der Waals surface area contributed by atoms with Gasteiger partial charge in [-0.2, -0.15) is 13.2 Å². The van der Waals surface area contributed by atoms with Gasteiger partial charge in [0.15, 0.2) is 0 Å². The molecular weight excluding hydrogens is 563 g/mol. The second-order valence-corrected chi connectivity index (χ2v) is 11.1. The van der Waals surface area contributed by atoms with E-state index in [1.54, 1.807) is 26.2 Å². The van der Waals surface area contributed by atoms with Gasteiger partial charge < -0.3 is 19.8 Å². The van der Waals surface area contributed by atoms with Crippen LogP contribution in [-0.4, -0.2) is 78.2 Å². The summed E-state index contributed by atoms with van der Waals surface area (Å²) in [5.41, 5.74) is -4.52. The molecule has 1 aromatic heterocycles. The van der Waals surface area contributed by atoms with Crippen LogP contribution in [0, 0.1) is 17.7 Å². The van der Waals surface area contributed by atoms with E-state index in [4.69, 9.17) is 23.2 Å². The predicted molar refractivity (Wildman–Crippen MR) is 138 cm³/mol. The first-order chi connectivity index (χ1) is 18.2. The lowest BCUT2D eigenvalue weighted by atomic mass is 9.82. The van der Waals surface area contributed by atoms with Gasteiger partial charge in [0.25, 0.3) is 17.4 Å². The van der Waals surface area contributed by atoms with Gasteiger partial charge in [-0.25, -0.2) is 9.37 Å². The third kappa shape index (κ3) is 5.95. The van der Waals surface area contributed by atoms with Crippen LogP contribution in [0.3, 0.4) is 0 Å². The van der Waals surface area contributed by atoms with Gasteiger partial charge >= 0.3 is 6.18 Å². The molecule has 0 aliphatic carbocycles. The van der Waals surface area contributed by atoms with Crippen LogP contribution in [0.15, 0.2) is 30.3 Å². The van der Waals surface area contributed by atoms with Gasteiger partial charge in [-0.3, -0.25) is 9.59 Å². The lowest BCUT2D eigenvalue weighted by Crippen LogP contribution is -2.61. The fourth-order valence-corrected chi connectivity index (χ4v) is 5.61. The number of likely N-dealkylation sites (tertiary alicyclic amines) is 1. The highest BCUT2D eigenvalue weighted by Gasteiger charge is 2.63. The van der Waals surface area contributed by atoms with Crippen molar-refractivity contribution in [1.82, 2.24) is 14.8 Å². The van der Waals surface area contributed by atoms with Crippen LogP contribution in [0.25, 0.3) is 0 Å². The zero-order valence-corrected chi connectivity index (χ0v) is 22.8. The average Bonchev–Trinajstić information content (AvgIpc) is 2.83. The molecular formula is C26H28Cl2F4N4O3. The quantitative estimate of drug-likeness (QED) is 0.388. The van der Waals surface area contributed by atoms with Crippen LogP contribution in [-0.2, 0) is 10.4 Å². The maximum atomic E-state index is 13.9. The van der Waals surface area contributed by atoms with E-state index in [1.807, 2.05) is 0 Å². The minimum absolute atomic E-state index is 0.0111. The van der Waals surface area contributed by atoms with Crippen molar-refractivity contribution in [3.8, 4) is 0 Å². The van der Waals surface area contributed by atoms with Crippen molar-refractivity contribution >= 4 is 40.8 Å². The topological polar surface area (TPSA) is 77.0 Å². The van der Waals surface area contributed by atoms with Gasteiger partial charge in [-0.1, -0.05) is 23.2 Å². The zero-order valence-electron chi connectivity index (χ0n) is 21.3. The Morgan fingerprint density at radius 2 is 1.72 bits per heavy atom. The molecule has 2 aliphatic rings. The number of amides is 2. The highest BCUT2D eigenvalue weighted by Crippen LogP contribution is 2.43. The number of piperidine rings is 1. The van der Waals surface area contributed by atoms with Crippen LogP contribution in [0.1, 0.15) is 35.2 Å². The zero-order chi connectivity index (χ0) is 28.7. The molecule has 0 saturated carbocycles. The molecule has 0 unspecified atom stereocenters. The van der Waals surface area contributed by atoms with Crippen LogP contribution in [0.4, 0.5) is 23.4 Å². The van der Waals surface area contributed by atoms with Crippen molar-refractivity contribution < 1.29 is 32.3 Å². The number of aliphatic hydroxyl groups is 1. The molecule has 2 fully saturated rings. The molecule has 0 bridgehead atoms. The van der Waals surface area contributed by atoms with E-state index in [0.29, 0.717) is 36.5 Å². The van der Waals surface area contributed by atoms with E-state index in [2.05, 4.69) is 9.88 Å². The van der Waals surface area contributed by atoms with Gasteiger partial charge in [-0.15, -0.1) is 0 Å². The van der Waals surface area contributed by atoms with E-state index >= 15 is 0 Å².